The summed E-state index contributed by atoms with van der Waals surface area (Å²) in [5.41, 5.74) is 1.31. The molecule has 2 rings (SSSR count). The van der Waals surface area contributed by atoms with Crippen LogP contribution in [-0.2, 0) is 0 Å². The van der Waals surface area contributed by atoms with Crippen LogP contribution >= 0.6 is 0 Å². The second-order valence-corrected chi connectivity index (χ2v) is 3.50. The lowest BCUT2D eigenvalue weighted by Gasteiger charge is -2.25. The van der Waals surface area contributed by atoms with Crippen molar-refractivity contribution in [1.82, 2.24) is 4.90 Å². The van der Waals surface area contributed by atoms with Gasteiger partial charge >= 0.3 is 0 Å². The number of rotatable bonds is 3. The van der Waals surface area contributed by atoms with E-state index in [1.165, 1.54) is 5.56 Å². The van der Waals surface area contributed by atoms with E-state index < -0.39 is 0 Å². The topological polar surface area (TPSA) is 3.24 Å². The van der Waals surface area contributed by atoms with Gasteiger partial charge in [-0.2, -0.15) is 0 Å². The summed E-state index contributed by atoms with van der Waals surface area (Å²) in [5.74, 6) is 0. The number of benzene rings is 1. The molecule has 0 radical (unpaired) electrons. The van der Waals surface area contributed by atoms with Crippen molar-refractivity contribution in [1.29, 1.82) is 0 Å². The normalized spacial score (nSPS) is 17.0. The third kappa shape index (κ3) is 1.72. The molecule has 0 aromatic heterocycles. The molecule has 0 N–H and O–H groups in total. The molecule has 1 aliphatic heterocycles. The highest BCUT2D eigenvalue weighted by atomic mass is 15.1. The minimum atomic E-state index is 0.329. The molecule has 0 saturated carbocycles. The van der Waals surface area contributed by atoms with Crippen LogP contribution in [0.4, 0.5) is 0 Å². The van der Waals surface area contributed by atoms with Gasteiger partial charge in [0.05, 0.1) is 6.04 Å². The first kappa shape index (κ1) is 9.07. The van der Waals surface area contributed by atoms with E-state index in [0.29, 0.717) is 6.04 Å². The second kappa shape index (κ2) is 4.14. The van der Waals surface area contributed by atoms with E-state index in [2.05, 4.69) is 48.0 Å². The fraction of sp³-hybridized carbons (Fsp3) is 0.231. The van der Waals surface area contributed by atoms with Gasteiger partial charge in [0.2, 0.25) is 0 Å². The Morgan fingerprint density at radius 2 is 2.07 bits per heavy atom. The fourth-order valence-electron chi connectivity index (χ4n) is 1.85. The first-order valence-corrected chi connectivity index (χ1v) is 5.02. The summed E-state index contributed by atoms with van der Waals surface area (Å²) in [6.07, 6.45) is 7.53. The maximum Gasteiger partial charge on any atom is 0.0718 e. The van der Waals surface area contributed by atoms with Gasteiger partial charge in [0.1, 0.15) is 0 Å². The Hall–Kier alpha value is -1.50. The summed E-state index contributed by atoms with van der Waals surface area (Å²) in [7, 11) is 0. The summed E-state index contributed by atoms with van der Waals surface area (Å²) < 4.78 is 0. The number of hydrogen-bond donors (Lipinski definition) is 0. The fourth-order valence-corrected chi connectivity index (χ4v) is 1.85. The number of nitrogens with zero attached hydrogens (tertiary/aromatic N) is 1. The molecule has 0 amide bonds. The Balaban J connectivity index is 2.21. The molecule has 0 saturated heterocycles. The Labute approximate surface area is 85.4 Å². The molecule has 1 aromatic carbocycles. The van der Waals surface area contributed by atoms with E-state index in [1.807, 2.05) is 12.1 Å². The minimum absolute atomic E-state index is 0.329. The first-order chi connectivity index (χ1) is 6.92. The van der Waals surface area contributed by atoms with Crippen molar-refractivity contribution in [3.05, 3.63) is 60.8 Å². The second-order valence-electron chi connectivity index (χ2n) is 3.50. The van der Waals surface area contributed by atoms with E-state index in [1.54, 1.807) is 0 Å². The largest absolute Gasteiger partial charge is 0.367 e. The van der Waals surface area contributed by atoms with Gasteiger partial charge in [-0.1, -0.05) is 42.5 Å². The summed E-state index contributed by atoms with van der Waals surface area (Å²) in [6, 6.07) is 10.8. The zero-order chi connectivity index (χ0) is 9.80. The summed E-state index contributed by atoms with van der Waals surface area (Å²) in [4.78, 5) is 2.32. The van der Waals surface area contributed by atoms with Crippen LogP contribution in [0.1, 0.15) is 18.0 Å². The molecule has 0 aliphatic carbocycles. The van der Waals surface area contributed by atoms with Crippen molar-refractivity contribution in [2.24, 2.45) is 0 Å². The monoisotopic (exact) mass is 185 g/mol. The van der Waals surface area contributed by atoms with Gasteiger partial charge in [-0.15, -0.1) is 6.58 Å². The van der Waals surface area contributed by atoms with Gasteiger partial charge in [-0.05, 0) is 18.2 Å². The van der Waals surface area contributed by atoms with Gasteiger partial charge in [0, 0.05) is 6.54 Å². The van der Waals surface area contributed by atoms with Crippen LogP contribution in [0.3, 0.4) is 0 Å². The summed E-state index contributed by atoms with van der Waals surface area (Å²) in [6.45, 7) is 5.01. The molecule has 0 fully saturated rings. The van der Waals surface area contributed by atoms with E-state index in [-0.39, 0.29) is 0 Å². The van der Waals surface area contributed by atoms with Crippen LogP contribution in [0.25, 0.3) is 0 Å². The van der Waals surface area contributed by atoms with Crippen LogP contribution in [0.2, 0.25) is 0 Å². The van der Waals surface area contributed by atoms with E-state index in [9.17, 15) is 0 Å². The molecule has 1 heterocycles. The predicted molar refractivity (Wildman–Crippen MR) is 59.8 cm³/mol. The van der Waals surface area contributed by atoms with Crippen LogP contribution in [0.15, 0.2) is 55.3 Å². The van der Waals surface area contributed by atoms with E-state index in [4.69, 9.17) is 0 Å². The summed E-state index contributed by atoms with van der Waals surface area (Å²) >= 11 is 0. The van der Waals surface area contributed by atoms with Crippen LogP contribution in [-0.4, -0.2) is 11.4 Å². The van der Waals surface area contributed by atoms with Crippen molar-refractivity contribution in [3.63, 3.8) is 0 Å². The molecular weight excluding hydrogens is 170 g/mol. The molecule has 0 bridgehead atoms. The van der Waals surface area contributed by atoms with E-state index >= 15 is 0 Å². The molecule has 1 unspecified atom stereocenters. The first-order valence-electron chi connectivity index (χ1n) is 5.02. The lowest BCUT2D eigenvalue weighted by atomic mass is 10.1. The van der Waals surface area contributed by atoms with Crippen molar-refractivity contribution in [2.45, 2.75) is 12.5 Å². The molecule has 1 aliphatic rings. The third-order valence-electron chi connectivity index (χ3n) is 2.57. The molecule has 1 nitrogen and oxygen atoms in total. The highest BCUT2D eigenvalue weighted by molar-refractivity contribution is 5.23. The lowest BCUT2D eigenvalue weighted by Crippen LogP contribution is -2.19. The molecule has 0 spiro atoms. The average molecular weight is 185 g/mol. The van der Waals surface area contributed by atoms with Gasteiger partial charge in [0.25, 0.3) is 0 Å². The average Bonchev–Trinajstić information content (AvgIpc) is 2.74. The smallest absolute Gasteiger partial charge is 0.0718 e. The van der Waals surface area contributed by atoms with Crippen LogP contribution < -0.4 is 0 Å². The van der Waals surface area contributed by atoms with Gasteiger partial charge in [-0.25, -0.2) is 0 Å². The van der Waals surface area contributed by atoms with Gasteiger partial charge < -0.3 is 4.90 Å². The molecule has 1 heteroatoms. The third-order valence-corrected chi connectivity index (χ3v) is 2.57. The highest BCUT2D eigenvalue weighted by Crippen LogP contribution is 2.24. The SMILES string of the molecule is C=CC(c1ccccc1)N1C=CCC1. The number of hydrogen-bond acceptors (Lipinski definition) is 1. The van der Waals surface area contributed by atoms with Gasteiger partial charge in [0.15, 0.2) is 0 Å². The quantitative estimate of drug-likeness (QED) is 0.654. The van der Waals surface area contributed by atoms with Crippen LogP contribution in [0, 0.1) is 0 Å². The van der Waals surface area contributed by atoms with Crippen molar-refractivity contribution >= 4 is 0 Å². The van der Waals surface area contributed by atoms with Crippen molar-refractivity contribution in [2.75, 3.05) is 6.54 Å². The minimum Gasteiger partial charge on any atom is -0.367 e. The predicted octanol–water partition coefficient (Wildman–Crippen LogP) is 3.13. The zero-order valence-corrected chi connectivity index (χ0v) is 8.26. The Kier molecular flexibility index (Phi) is 2.68. The van der Waals surface area contributed by atoms with Crippen molar-refractivity contribution in [3.8, 4) is 0 Å². The standard InChI is InChI=1S/C13H15N/c1-2-13(14-10-6-7-11-14)12-8-4-3-5-9-12/h2-6,8-10,13H,1,7,11H2. The summed E-state index contributed by atoms with van der Waals surface area (Å²) in [5, 5.41) is 0. The zero-order valence-electron chi connectivity index (χ0n) is 8.26. The Bertz CT molecular complexity index is 326. The molecular formula is C13H15N. The Morgan fingerprint density at radius 3 is 2.64 bits per heavy atom. The molecule has 1 atom stereocenters. The lowest BCUT2D eigenvalue weighted by molar-refractivity contribution is 0.352. The van der Waals surface area contributed by atoms with Gasteiger partial charge in [-0.3, -0.25) is 0 Å². The maximum atomic E-state index is 3.91. The molecule has 72 valence electrons. The Morgan fingerprint density at radius 1 is 1.29 bits per heavy atom. The van der Waals surface area contributed by atoms with Crippen LogP contribution in [0.5, 0.6) is 0 Å². The maximum absolute atomic E-state index is 3.91. The molecule has 1 aromatic rings. The highest BCUT2D eigenvalue weighted by Gasteiger charge is 2.15. The molecule has 14 heavy (non-hydrogen) atoms. The van der Waals surface area contributed by atoms with Crippen molar-refractivity contribution < 1.29 is 0 Å². The van der Waals surface area contributed by atoms with E-state index in [0.717, 1.165) is 13.0 Å².